The third-order valence-corrected chi connectivity index (χ3v) is 3.91. The Labute approximate surface area is 110 Å². The van der Waals surface area contributed by atoms with E-state index in [9.17, 15) is 9.18 Å². The Kier molecular flexibility index (Phi) is 2.93. The van der Waals surface area contributed by atoms with Gasteiger partial charge in [0.25, 0.3) is 0 Å². The Bertz CT molecular complexity index is 658. The Morgan fingerprint density at radius 2 is 2.21 bits per heavy atom. The SMILES string of the molecule is CC(C)N1CCCC1n1c(=O)[nH]c2cccc(F)c21. The molecule has 0 saturated carbocycles. The highest BCUT2D eigenvalue weighted by Gasteiger charge is 2.30. The van der Waals surface area contributed by atoms with Gasteiger partial charge < -0.3 is 4.98 Å². The van der Waals surface area contributed by atoms with Crippen molar-refractivity contribution < 1.29 is 4.39 Å². The average molecular weight is 263 g/mol. The highest BCUT2D eigenvalue weighted by Crippen LogP contribution is 2.30. The van der Waals surface area contributed by atoms with Gasteiger partial charge >= 0.3 is 5.69 Å². The molecule has 1 aromatic carbocycles. The number of H-pyrrole nitrogens is 1. The van der Waals surface area contributed by atoms with E-state index in [2.05, 4.69) is 23.7 Å². The monoisotopic (exact) mass is 263 g/mol. The lowest BCUT2D eigenvalue weighted by Gasteiger charge is -2.29. The van der Waals surface area contributed by atoms with Gasteiger partial charge in [0, 0.05) is 12.6 Å². The largest absolute Gasteiger partial charge is 0.327 e. The van der Waals surface area contributed by atoms with Gasteiger partial charge in [-0.15, -0.1) is 0 Å². The molecule has 1 fully saturated rings. The molecule has 1 atom stereocenters. The fourth-order valence-corrected chi connectivity index (χ4v) is 3.07. The highest BCUT2D eigenvalue weighted by atomic mass is 19.1. The van der Waals surface area contributed by atoms with Crippen LogP contribution in [0, 0.1) is 5.82 Å². The number of nitrogens with zero attached hydrogens (tertiary/aromatic N) is 2. The lowest BCUT2D eigenvalue weighted by molar-refractivity contribution is 0.152. The van der Waals surface area contributed by atoms with Crippen LogP contribution in [-0.2, 0) is 0 Å². The molecule has 1 aliphatic heterocycles. The minimum Gasteiger partial charge on any atom is -0.305 e. The Balaban J connectivity index is 2.20. The smallest absolute Gasteiger partial charge is 0.305 e. The van der Waals surface area contributed by atoms with Gasteiger partial charge in [-0.05, 0) is 38.8 Å². The summed E-state index contributed by atoms with van der Waals surface area (Å²) in [5.41, 5.74) is 0.739. The number of likely N-dealkylation sites (tertiary alicyclic amines) is 1. The quantitative estimate of drug-likeness (QED) is 0.904. The van der Waals surface area contributed by atoms with Gasteiger partial charge in [0.2, 0.25) is 0 Å². The lowest BCUT2D eigenvalue weighted by Crippen LogP contribution is -2.37. The first-order valence-corrected chi connectivity index (χ1v) is 6.74. The van der Waals surface area contributed by atoms with Gasteiger partial charge in [-0.2, -0.15) is 0 Å². The summed E-state index contributed by atoms with van der Waals surface area (Å²) in [5.74, 6) is -0.341. The molecule has 1 aliphatic rings. The average Bonchev–Trinajstić information content (AvgIpc) is 2.92. The molecule has 1 N–H and O–H groups in total. The van der Waals surface area contributed by atoms with Crippen LogP contribution in [0.4, 0.5) is 4.39 Å². The van der Waals surface area contributed by atoms with Crippen LogP contribution < -0.4 is 5.69 Å². The van der Waals surface area contributed by atoms with Gasteiger partial charge in [0.05, 0.1) is 11.7 Å². The Morgan fingerprint density at radius 3 is 2.95 bits per heavy atom. The molecule has 1 saturated heterocycles. The van der Waals surface area contributed by atoms with E-state index in [0.29, 0.717) is 17.1 Å². The number of para-hydroxylation sites is 1. The van der Waals surface area contributed by atoms with Crippen LogP contribution in [0.5, 0.6) is 0 Å². The van der Waals surface area contributed by atoms with Crippen LogP contribution in [0.3, 0.4) is 0 Å². The van der Waals surface area contributed by atoms with Crippen molar-refractivity contribution in [1.82, 2.24) is 14.5 Å². The first-order valence-electron chi connectivity index (χ1n) is 6.74. The van der Waals surface area contributed by atoms with Gasteiger partial charge in [0.1, 0.15) is 11.3 Å². The normalized spacial score (nSPS) is 20.7. The van der Waals surface area contributed by atoms with E-state index in [1.807, 2.05) is 0 Å². The molecule has 2 heterocycles. The van der Waals surface area contributed by atoms with Gasteiger partial charge in [0.15, 0.2) is 0 Å². The minimum atomic E-state index is -0.341. The number of fused-ring (bicyclic) bond motifs is 1. The summed E-state index contributed by atoms with van der Waals surface area (Å²) in [6.45, 7) is 5.17. The number of nitrogens with one attached hydrogen (secondary N) is 1. The number of imidazole rings is 1. The number of aromatic amines is 1. The van der Waals surface area contributed by atoms with E-state index < -0.39 is 0 Å². The Morgan fingerprint density at radius 1 is 1.42 bits per heavy atom. The van der Waals surface area contributed by atoms with Crippen molar-refractivity contribution in [2.75, 3.05) is 6.54 Å². The zero-order valence-electron chi connectivity index (χ0n) is 11.2. The second-order valence-corrected chi connectivity index (χ2v) is 5.39. The van der Waals surface area contributed by atoms with E-state index in [1.165, 1.54) is 6.07 Å². The number of rotatable bonds is 2. The molecule has 102 valence electrons. The number of aromatic nitrogens is 2. The van der Waals surface area contributed by atoms with Crippen LogP contribution in [0.15, 0.2) is 23.0 Å². The molecule has 1 aromatic heterocycles. The van der Waals surface area contributed by atoms with Crippen molar-refractivity contribution in [2.45, 2.75) is 38.9 Å². The molecule has 0 radical (unpaired) electrons. The fraction of sp³-hybridized carbons (Fsp3) is 0.500. The number of benzene rings is 1. The second kappa shape index (κ2) is 4.49. The molecular weight excluding hydrogens is 245 g/mol. The van der Waals surface area contributed by atoms with Crippen LogP contribution in [-0.4, -0.2) is 27.0 Å². The fourth-order valence-electron chi connectivity index (χ4n) is 3.07. The summed E-state index contributed by atoms with van der Waals surface area (Å²) in [6, 6.07) is 5.11. The first kappa shape index (κ1) is 12.4. The summed E-state index contributed by atoms with van der Waals surface area (Å²) >= 11 is 0. The van der Waals surface area contributed by atoms with Gasteiger partial charge in [-0.25, -0.2) is 9.18 Å². The van der Waals surface area contributed by atoms with Crippen molar-refractivity contribution in [3.8, 4) is 0 Å². The zero-order valence-corrected chi connectivity index (χ0v) is 11.2. The minimum absolute atomic E-state index is 0.0434. The van der Waals surface area contributed by atoms with E-state index in [1.54, 1.807) is 16.7 Å². The summed E-state index contributed by atoms with van der Waals surface area (Å²) in [6.07, 6.45) is 1.88. The molecule has 1 unspecified atom stereocenters. The van der Waals surface area contributed by atoms with Crippen LogP contribution >= 0.6 is 0 Å². The molecule has 19 heavy (non-hydrogen) atoms. The van der Waals surface area contributed by atoms with Gasteiger partial charge in [-0.1, -0.05) is 6.07 Å². The molecule has 0 aliphatic carbocycles. The zero-order chi connectivity index (χ0) is 13.6. The van der Waals surface area contributed by atoms with Crippen molar-refractivity contribution in [2.24, 2.45) is 0 Å². The predicted octanol–water partition coefficient (Wildman–Crippen LogP) is 2.47. The van der Waals surface area contributed by atoms with Crippen LogP contribution in [0.2, 0.25) is 0 Å². The van der Waals surface area contributed by atoms with E-state index in [0.717, 1.165) is 19.4 Å². The van der Waals surface area contributed by atoms with Crippen molar-refractivity contribution >= 4 is 11.0 Å². The molecule has 2 aromatic rings. The maximum absolute atomic E-state index is 14.0. The summed E-state index contributed by atoms with van der Waals surface area (Å²) in [5, 5.41) is 0. The molecular formula is C14H18FN3O. The van der Waals surface area contributed by atoms with Crippen molar-refractivity contribution in [3.05, 3.63) is 34.5 Å². The lowest BCUT2D eigenvalue weighted by atomic mass is 10.2. The topological polar surface area (TPSA) is 41.0 Å². The van der Waals surface area contributed by atoms with E-state index in [-0.39, 0.29) is 17.7 Å². The van der Waals surface area contributed by atoms with E-state index >= 15 is 0 Å². The summed E-state index contributed by atoms with van der Waals surface area (Å²) in [7, 11) is 0. The molecule has 0 spiro atoms. The number of hydrogen-bond acceptors (Lipinski definition) is 2. The van der Waals surface area contributed by atoms with Crippen molar-refractivity contribution in [1.29, 1.82) is 0 Å². The number of hydrogen-bond donors (Lipinski definition) is 1. The maximum Gasteiger partial charge on any atom is 0.327 e. The Hall–Kier alpha value is -1.62. The molecule has 0 amide bonds. The molecule has 4 nitrogen and oxygen atoms in total. The third kappa shape index (κ3) is 1.89. The maximum atomic E-state index is 14.0. The van der Waals surface area contributed by atoms with Gasteiger partial charge in [-0.3, -0.25) is 9.47 Å². The van der Waals surface area contributed by atoms with Crippen molar-refractivity contribution in [3.63, 3.8) is 0 Å². The standard InChI is InChI=1S/C14H18FN3O/c1-9(2)17-8-4-7-12(17)18-13-10(15)5-3-6-11(13)16-14(18)19/h3,5-6,9,12H,4,7-8H2,1-2H3,(H,16,19). The summed E-state index contributed by atoms with van der Waals surface area (Å²) in [4.78, 5) is 17.2. The third-order valence-electron chi connectivity index (χ3n) is 3.91. The van der Waals surface area contributed by atoms with Crippen LogP contribution in [0.1, 0.15) is 32.9 Å². The highest BCUT2D eigenvalue weighted by molar-refractivity contribution is 5.75. The van der Waals surface area contributed by atoms with E-state index in [4.69, 9.17) is 0 Å². The summed E-state index contributed by atoms with van der Waals surface area (Å²) < 4.78 is 15.6. The first-order chi connectivity index (χ1) is 9.09. The molecule has 5 heteroatoms. The van der Waals surface area contributed by atoms with Crippen LogP contribution in [0.25, 0.3) is 11.0 Å². The number of halogens is 1. The molecule has 3 rings (SSSR count). The molecule has 0 bridgehead atoms. The second-order valence-electron chi connectivity index (χ2n) is 5.39. The predicted molar refractivity (Wildman–Crippen MR) is 72.6 cm³/mol.